The van der Waals surface area contributed by atoms with Crippen LogP contribution in [0.4, 0.5) is 8.78 Å². The molecule has 0 bridgehead atoms. The summed E-state index contributed by atoms with van der Waals surface area (Å²) in [6, 6.07) is 20.1. The molecule has 0 unspecified atom stereocenters. The molecule has 0 fully saturated rings. The Bertz CT molecular complexity index is 1140. The molecule has 0 N–H and O–H groups in total. The molecule has 1 heterocycles. The van der Waals surface area contributed by atoms with Crippen molar-refractivity contribution in [1.82, 2.24) is 9.78 Å². The molecule has 121 valence electrons. The van der Waals surface area contributed by atoms with Crippen molar-refractivity contribution in [2.24, 2.45) is 0 Å². The third-order valence-corrected chi connectivity index (χ3v) is 3.92. The van der Waals surface area contributed by atoms with Crippen molar-refractivity contribution in [3.05, 3.63) is 94.8 Å². The van der Waals surface area contributed by atoms with Crippen molar-refractivity contribution in [2.45, 2.75) is 0 Å². The smallest absolute Gasteiger partial charge is 0.267 e. The molecule has 0 spiro atoms. The molecular weight excluding hydrogens is 322 g/mol. The van der Waals surface area contributed by atoms with Gasteiger partial charge in [-0.2, -0.15) is 9.78 Å². The third-order valence-electron chi connectivity index (χ3n) is 3.92. The largest absolute Gasteiger partial charge is 0.279 e. The predicted molar refractivity (Wildman–Crippen MR) is 91.5 cm³/mol. The van der Waals surface area contributed by atoms with Gasteiger partial charge in [0.1, 0.15) is 11.5 Å². The minimum Gasteiger partial charge on any atom is -0.267 e. The van der Waals surface area contributed by atoms with E-state index in [4.69, 9.17) is 0 Å². The van der Waals surface area contributed by atoms with E-state index in [0.717, 1.165) is 22.4 Å². The summed E-state index contributed by atoms with van der Waals surface area (Å²) in [5, 5.41) is 5.41. The molecule has 0 atom stereocenters. The zero-order valence-electron chi connectivity index (χ0n) is 12.9. The van der Waals surface area contributed by atoms with Crippen LogP contribution < -0.4 is 5.56 Å². The lowest BCUT2D eigenvalue weighted by Gasteiger charge is -2.12. The van der Waals surface area contributed by atoms with Gasteiger partial charge >= 0.3 is 0 Å². The number of rotatable bonds is 2. The van der Waals surface area contributed by atoms with Gasteiger partial charge in [0.15, 0.2) is 5.82 Å². The van der Waals surface area contributed by atoms with Crippen LogP contribution in [0.15, 0.2) is 71.5 Å². The lowest BCUT2D eigenvalue weighted by Crippen LogP contribution is -2.23. The molecule has 0 aliphatic heterocycles. The normalized spacial score (nSPS) is 11.0. The highest BCUT2D eigenvalue weighted by Crippen LogP contribution is 2.25. The molecule has 0 aliphatic carbocycles. The maximum absolute atomic E-state index is 14.2. The first kappa shape index (κ1) is 15.2. The number of halogens is 2. The highest BCUT2D eigenvalue weighted by molar-refractivity contribution is 5.93. The maximum Gasteiger partial charge on any atom is 0.279 e. The van der Waals surface area contributed by atoms with Crippen molar-refractivity contribution in [1.29, 1.82) is 0 Å². The summed E-state index contributed by atoms with van der Waals surface area (Å²) in [5.74, 6) is -1.57. The average Bonchev–Trinajstić information content (AvgIpc) is 2.64. The minimum atomic E-state index is -0.851. The van der Waals surface area contributed by atoms with E-state index in [1.807, 2.05) is 12.1 Å². The molecule has 3 nitrogen and oxygen atoms in total. The second-order valence-electron chi connectivity index (χ2n) is 5.50. The molecule has 5 heteroatoms. The van der Waals surface area contributed by atoms with Gasteiger partial charge in [0.05, 0.1) is 11.1 Å². The first-order chi connectivity index (χ1) is 12.1. The number of hydrogen-bond acceptors (Lipinski definition) is 2. The Morgan fingerprint density at radius 1 is 0.960 bits per heavy atom. The Kier molecular flexibility index (Phi) is 3.61. The lowest BCUT2D eigenvalue weighted by molar-refractivity contribution is 0.571. The van der Waals surface area contributed by atoms with Crippen LogP contribution >= 0.6 is 0 Å². The van der Waals surface area contributed by atoms with E-state index < -0.39 is 17.2 Å². The number of nitrogens with zero attached hydrogens (tertiary/aromatic N) is 2. The molecule has 4 aromatic rings. The summed E-state index contributed by atoms with van der Waals surface area (Å²) in [6.45, 7) is 0. The van der Waals surface area contributed by atoms with E-state index >= 15 is 0 Å². The van der Waals surface area contributed by atoms with Crippen molar-refractivity contribution < 1.29 is 8.78 Å². The first-order valence-electron chi connectivity index (χ1n) is 7.59. The maximum atomic E-state index is 14.2. The molecular formula is C20H11F2N2O. The summed E-state index contributed by atoms with van der Waals surface area (Å²) >= 11 is 0. The zero-order chi connectivity index (χ0) is 17.4. The molecule has 0 amide bonds. The van der Waals surface area contributed by atoms with Crippen molar-refractivity contribution in [2.75, 3.05) is 0 Å². The fourth-order valence-electron chi connectivity index (χ4n) is 2.76. The molecule has 0 saturated carbocycles. The number of hydrogen-bond donors (Lipinski definition) is 0. The van der Waals surface area contributed by atoms with Gasteiger partial charge in [0, 0.05) is 17.0 Å². The molecule has 0 saturated heterocycles. The Labute approximate surface area is 141 Å². The monoisotopic (exact) mass is 333 g/mol. The second-order valence-corrected chi connectivity index (χ2v) is 5.50. The Morgan fingerprint density at radius 3 is 2.48 bits per heavy atom. The molecule has 0 aliphatic rings. The quantitative estimate of drug-likeness (QED) is 0.553. The van der Waals surface area contributed by atoms with Gasteiger partial charge in [-0.15, -0.1) is 0 Å². The van der Waals surface area contributed by atoms with Gasteiger partial charge < -0.3 is 0 Å². The van der Waals surface area contributed by atoms with E-state index in [2.05, 4.69) is 11.2 Å². The summed E-state index contributed by atoms with van der Waals surface area (Å²) in [6.07, 6.45) is 0. The Morgan fingerprint density at radius 2 is 1.76 bits per heavy atom. The Hall–Kier alpha value is -3.34. The SMILES string of the molecule is O=c1c2ccccc2c(-c2c[c]ccc2)nn1-c1ccc(F)cc1F. The first-order valence-corrected chi connectivity index (χ1v) is 7.59. The van der Waals surface area contributed by atoms with Crippen LogP contribution in [0, 0.1) is 17.7 Å². The predicted octanol–water partition coefficient (Wildman–Crippen LogP) is 4.13. The van der Waals surface area contributed by atoms with Crippen molar-refractivity contribution >= 4 is 10.8 Å². The number of aromatic nitrogens is 2. The molecule has 25 heavy (non-hydrogen) atoms. The molecule has 1 radical (unpaired) electrons. The average molecular weight is 333 g/mol. The van der Waals surface area contributed by atoms with Gasteiger partial charge in [-0.3, -0.25) is 4.79 Å². The third kappa shape index (κ3) is 2.59. The van der Waals surface area contributed by atoms with Crippen LogP contribution in [0.3, 0.4) is 0 Å². The van der Waals surface area contributed by atoms with Crippen molar-refractivity contribution in [3.63, 3.8) is 0 Å². The number of benzene rings is 3. The van der Waals surface area contributed by atoms with Gasteiger partial charge in [0.25, 0.3) is 5.56 Å². The number of fused-ring (bicyclic) bond motifs is 1. The van der Waals surface area contributed by atoms with Crippen LogP contribution in [-0.2, 0) is 0 Å². The van der Waals surface area contributed by atoms with Crippen LogP contribution in [0.5, 0.6) is 0 Å². The standard InChI is InChI=1S/C20H11F2N2O/c21-14-10-11-18(17(22)12-14)24-20(25)16-9-5-4-8-15(16)19(23-24)13-6-2-1-3-7-13/h1-2,4-12H. The highest BCUT2D eigenvalue weighted by atomic mass is 19.1. The molecule has 1 aromatic heterocycles. The van der Waals surface area contributed by atoms with Gasteiger partial charge in [-0.05, 0) is 30.3 Å². The van der Waals surface area contributed by atoms with Gasteiger partial charge in [-0.25, -0.2) is 8.78 Å². The van der Waals surface area contributed by atoms with Crippen LogP contribution in [-0.4, -0.2) is 9.78 Å². The molecule has 4 rings (SSSR count). The topological polar surface area (TPSA) is 34.9 Å². The fourth-order valence-corrected chi connectivity index (χ4v) is 2.76. The van der Waals surface area contributed by atoms with Crippen LogP contribution in [0.2, 0.25) is 0 Å². The van der Waals surface area contributed by atoms with E-state index in [9.17, 15) is 13.6 Å². The summed E-state index contributed by atoms with van der Waals surface area (Å²) in [5.41, 5.74) is 0.703. The summed E-state index contributed by atoms with van der Waals surface area (Å²) in [4.78, 5) is 12.8. The van der Waals surface area contributed by atoms with Gasteiger partial charge in [-0.1, -0.05) is 36.4 Å². The van der Waals surface area contributed by atoms with E-state index in [1.54, 1.807) is 36.4 Å². The zero-order valence-corrected chi connectivity index (χ0v) is 12.9. The van der Waals surface area contributed by atoms with E-state index in [0.29, 0.717) is 16.5 Å². The summed E-state index contributed by atoms with van der Waals surface area (Å²) in [7, 11) is 0. The van der Waals surface area contributed by atoms with Crippen molar-refractivity contribution in [3.8, 4) is 16.9 Å². The van der Waals surface area contributed by atoms with Crippen LogP contribution in [0.25, 0.3) is 27.7 Å². The highest BCUT2D eigenvalue weighted by Gasteiger charge is 2.15. The van der Waals surface area contributed by atoms with Gasteiger partial charge in [0.2, 0.25) is 0 Å². The lowest BCUT2D eigenvalue weighted by atomic mass is 10.1. The van der Waals surface area contributed by atoms with E-state index in [1.165, 1.54) is 6.07 Å². The summed E-state index contributed by atoms with van der Waals surface area (Å²) < 4.78 is 28.4. The second kappa shape index (κ2) is 5.94. The Balaban J connectivity index is 2.10. The van der Waals surface area contributed by atoms with Crippen LogP contribution in [0.1, 0.15) is 0 Å². The minimum absolute atomic E-state index is 0.0988. The fraction of sp³-hybridized carbons (Fsp3) is 0. The van der Waals surface area contributed by atoms with E-state index in [-0.39, 0.29) is 5.69 Å². The molecule has 3 aromatic carbocycles.